The van der Waals surface area contributed by atoms with E-state index in [0.29, 0.717) is 24.7 Å². The summed E-state index contributed by atoms with van der Waals surface area (Å²) in [5.74, 6) is 1.08. The predicted molar refractivity (Wildman–Crippen MR) is 68.8 cm³/mol. The van der Waals surface area contributed by atoms with Gasteiger partial charge in [-0.25, -0.2) is 0 Å². The van der Waals surface area contributed by atoms with E-state index in [1.165, 1.54) is 0 Å². The number of hydrogen-bond acceptors (Lipinski definition) is 5. The van der Waals surface area contributed by atoms with Crippen LogP contribution in [0.15, 0.2) is 33.3 Å². The summed E-state index contributed by atoms with van der Waals surface area (Å²) in [5, 5.41) is 16.6. The number of aromatic nitrogens is 2. The number of β-amino-alcohol motifs (C(OH)–C–C–N with tert-alkyl or cyclic N) is 1. The second-order valence-electron chi connectivity index (χ2n) is 4.29. The van der Waals surface area contributed by atoms with E-state index in [2.05, 4.69) is 31.4 Å². The molecule has 0 aliphatic carbocycles. The van der Waals surface area contributed by atoms with Gasteiger partial charge in [-0.1, -0.05) is 33.2 Å². The molecular formula is C12H12BrN3O2. The molecule has 3 rings (SSSR count). The molecule has 0 amide bonds. The van der Waals surface area contributed by atoms with Gasteiger partial charge < -0.3 is 14.9 Å². The van der Waals surface area contributed by atoms with Crippen molar-refractivity contribution in [3.05, 3.63) is 34.6 Å². The molecule has 0 spiro atoms. The summed E-state index contributed by atoms with van der Waals surface area (Å²) in [5.41, 5.74) is 0.894. The van der Waals surface area contributed by atoms with Crippen molar-refractivity contribution in [2.75, 3.05) is 6.54 Å². The molecule has 2 unspecified atom stereocenters. The molecule has 0 bridgehead atoms. The topological polar surface area (TPSA) is 71.2 Å². The van der Waals surface area contributed by atoms with Crippen molar-refractivity contribution >= 4 is 15.9 Å². The van der Waals surface area contributed by atoms with Crippen LogP contribution in [-0.4, -0.2) is 27.9 Å². The number of aliphatic hydroxyl groups is 1. The number of hydrogen-bond donors (Lipinski definition) is 2. The van der Waals surface area contributed by atoms with Crippen LogP contribution in [0.25, 0.3) is 11.4 Å². The Balaban J connectivity index is 1.88. The maximum absolute atomic E-state index is 9.47. The lowest BCUT2D eigenvalue weighted by atomic mass is 10.2. The van der Waals surface area contributed by atoms with Crippen LogP contribution in [0.1, 0.15) is 18.4 Å². The number of nitrogens with zero attached hydrogens (tertiary/aromatic N) is 2. The van der Waals surface area contributed by atoms with Gasteiger partial charge in [0.2, 0.25) is 11.7 Å². The van der Waals surface area contributed by atoms with Crippen molar-refractivity contribution < 1.29 is 9.63 Å². The Hall–Kier alpha value is -1.24. The highest BCUT2D eigenvalue weighted by molar-refractivity contribution is 9.10. The highest BCUT2D eigenvalue weighted by Gasteiger charge is 2.28. The van der Waals surface area contributed by atoms with Gasteiger partial charge in [0.25, 0.3) is 0 Å². The molecule has 6 heteroatoms. The number of nitrogens with one attached hydrogen (secondary N) is 1. The molecule has 1 aromatic carbocycles. The summed E-state index contributed by atoms with van der Waals surface area (Å²) in [6.07, 6.45) is 0.270. The molecule has 1 aromatic heterocycles. The van der Waals surface area contributed by atoms with Crippen molar-refractivity contribution in [1.29, 1.82) is 0 Å². The minimum atomic E-state index is -0.339. The van der Waals surface area contributed by atoms with Gasteiger partial charge >= 0.3 is 0 Å². The zero-order chi connectivity index (χ0) is 12.5. The highest BCUT2D eigenvalue weighted by Crippen LogP contribution is 2.28. The van der Waals surface area contributed by atoms with Crippen LogP contribution in [0, 0.1) is 0 Å². The van der Waals surface area contributed by atoms with Gasteiger partial charge in [0.1, 0.15) is 0 Å². The SMILES string of the molecule is OC1CNC(c2nc(-c3ccccc3Br)no2)C1. The van der Waals surface area contributed by atoms with E-state index in [9.17, 15) is 5.11 Å². The predicted octanol–water partition coefficient (Wildman–Crippen LogP) is 1.89. The van der Waals surface area contributed by atoms with Crippen LogP contribution in [0.3, 0.4) is 0 Å². The molecule has 2 atom stereocenters. The Kier molecular flexibility index (Phi) is 3.15. The standard InChI is InChI=1S/C12H12BrN3O2/c13-9-4-2-1-3-8(9)11-15-12(18-16-11)10-5-7(17)6-14-10/h1-4,7,10,14,17H,5-6H2. The average molecular weight is 310 g/mol. The van der Waals surface area contributed by atoms with E-state index in [1.807, 2.05) is 24.3 Å². The Bertz CT molecular complexity index is 558. The second kappa shape index (κ2) is 4.79. The zero-order valence-electron chi connectivity index (χ0n) is 9.51. The smallest absolute Gasteiger partial charge is 0.244 e. The third-order valence-corrected chi connectivity index (χ3v) is 3.65. The van der Waals surface area contributed by atoms with Crippen LogP contribution in [0.4, 0.5) is 0 Å². The van der Waals surface area contributed by atoms with E-state index < -0.39 is 0 Å². The van der Waals surface area contributed by atoms with E-state index in [-0.39, 0.29) is 12.1 Å². The lowest BCUT2D eigenvalue weighted by Crippen LogP contribution is -2.15. The first-order valence-corrected chi connectivity index (χ1v) is 6.53. The first-order chi connectivity index (χ1) is 8.74. The molecule has 2 heterocycles. The normalized spacial score (nSPS) is 23.4. The Morgan fingerprint density at radius 2 is 2.22 bits per heavy atom. The summed E-state index contributed by atoms with van der Waals surface area (Å²) in [4.78, 5) is 4.38. The molecule has 18 heavy (non-hydrogen) atoms. The van der Waals surface area contributed by atoms with Gasteiger partial charge in [-0.3, -0.25) is 0 Å². The molecule has 0 radical (unpaired) electrons. The van der Waals surface area contributed by atoms with Gasteiger partial charge in [-0.15, -0.1) is 0 Å². The second-order valence-corrected chi connectivity index (χ2v) is 5.14. The van der Waals surface area contributed by atoms with Gasteiger partial charge in [-0.05, 0) is 18.6 Å². The Labute approximate surface area is 112 Å². The van der Waals surface area contributed by atoms with E-state index in [0.717, 1.165) is 10.0 Å². The maximum Gasteiger partial charge on any atom is 0.244 e. The summed E-state index contributed by atoms with van der Waals surface area (Å²) < 4.78 is 6.18. The summed E-state index contributed by atoms with van der Waals surface area (Å²) in [6, 6.07) is 7.67. The molecule has 1 saturated heterocycles. The van der Waals surface area contributed by atoms with Gasteiger partial charge in [-0.2, -0.15) is 4.98 Å². The largest absolute Gasteiger partial charge is 0.392 e. The maximum atomic E-state index is 9.47. The average Bonchev–Trinajstić information content (AvgIpc) is 2.98. The van der Waals surface area contributed by atoms with Crippen LogP contribution < -0.4 is 5.32 Å². The fourth-order valence-electron chi connectivity index (χ4n) is 2.03. The van der Waals surface area contributed by atoms with Gasteiger partial charge in [0, 0.05) is 16.6 Å². The number of benzene rings is 1. The molecule has 1 aliphatic rings. The van der Waals surface area contributed by atoms with Crippen LogP contribution in [0.5, 0.6) is 0 Å². The van der Waals surface area contributed by atoms with Gasteiger partial charge in [0.15, 0.2) is 0 Å². The van der Waals surface area contributed by atoms with E-state index in [4.69, 9.17) is 4.52 Å². The van der Waals surface area contributed by atoms with Crippen molar-refractivity contribution in [1.82, 2.24) is 15.5 Å². The minimum absolute atomic E-state index is 0.0521. The fourth-order valence-corrected chi connectivity index (χ4v) is 2.50. The summed E-state index contributed by atoms with van der Waals surface area (Å²) in [7, 11) is 0. The summed E-state index contributed by atoms with van der Waals surface area (Å²) >= 11 is 3.46. The van der Waals surface area contributed by atoms with E-state index >= 15 is 0 Å². The van der Waals surface area contributed by atoms with Crippen LogP contribution in [0.2, 0.25) is 0 Å². The molecule has 94 valence electrons. The monoisotopic (exact) mass is 309 g/mol. The number of aliphatic hydroxyl groups excluding tert-OH is 1. The Morgan fingerprint density at radius 1 is 1.39 bits per heavy atom. The van der Waals surface area contributed by atoms with Gasteiger partial charge in [0.05, 0.1) is 12.1 Å². The molecule has 0 saturated carbocycles. The van der Waals surface area contributed by atoms with Crippen molar-refractivity contribution in [3.8, 4) is 11.4 Å². The first-order valence-electron chi connectivity index (χ1n) is 5.74. The molecular weight excluding hydrogens is 298 g/mol. The first kappa shape index (κ1) is 11.8. The Morgan fingerprint density at radius 3 is 2.94 bits per heavy atom. The molecule has 2 aromatic rings. The molecule has 2 N–H and O–H groups in total. The van der Waals surface area contributed by atoms with Crippen LogP contribution >= 0.6 is 15.9 Å². The molecule has 1 aliphatic heterocycles. The molecule has 5 nitrogen and oxygen atoms in total. The zero-order valence-corrected chi connectivity index (χ0v) is 11.1. The van der Waals surface area contributed by atoms with Crippen LogP contribution in [-0.2, 0) is 0 Å². The lowest BCUT2D eigenvalue weighted by Gasteiger charge is -2.01. The number of rotatable bonds is 2. The lowest BCUT2D eigenvalue weighted by molar-refractivity contribution is 0.191. The quantitative estimate of drug-likeness (QED) is 0.886. The van der Waals surface area contributed by atoms with Crippen molar-refractivity contribution in [2.45, 2.75) is 18.6 Å². The van der Waals surface area contributed by atoms with Crippen molar-refractivity contribution in [3.63, 3.8) is 0 Å². The van der Waals surface area contributed by atoms with Crippen molar-refractivity contribution in [2.24, 2.45) is 0 Å². The summed E-state index contributed by atoms with van der Waals surface area (Å²) in [6.45, 7) is 0.567. The molecule has 1 fully saturated rings. The van der Waals surface area contributed by atoms with E-state index in [1.54, 1.807) is 0 Å². The third-order valence-electron chi connectivity index (χ3n) is 2.96. The highest BCUT2D eigenvalue weighted by atomic mass is 79.9. The fraction of sp³-hybridized carbons (Fsp3) is 0.333. The minimum Gasteiger partial charge on any atom is -0.392 e. The number of halogens is 1. The third kappa shape index (κ3) is 2.19.